The Morgan fingerprint density at radius 3 is 2.85 bits per heavy atom. The standard InChI is InChI=1S/C7H4FN3O2/c8-5-1-2-6(10-4-9)7(3-5)11(12)13/h1-3,10H. The molecule has 0 saturated heterocycles. The third-order valence-electron chi connectivity index (χ3n) is 1.35. The Balaban J connectivity index is 3.20. The summed E-state index contributed by atoms with van der Waals surface area (Å²) in [6.07, 6.45) is 1.52. The quantitative estimate of drug-likeness (QED) is 0.325. The largest absolute Gasteiger partial charge is 0.296 e. The highest BCUT2D eigenvalue weighted by Crippen LogP contribution is 2.24. The van der Waals surface area contributed by atoms with Crippen LogP contribution in [0.3, 0.4) is 0 Å². The minimum Gasteiger partial charge on any atom is -0.287 e. The fourth-order valence-corrected chi connectivity index (χ4v) is 0.822. The summed E-state index contributed by atoms with van der Waals surface area (Å²) in [5.74, 6) is -0.713. The van der Waals surface area contributed by atoms with Crippen LogP contribution in [0.5, 0.6) is 0 Å². The molecule has 6 heteroatoms. The Morgan fingerprint density at radius 1 is 1.62 bits per heavy atom. The van der Waals surface area contributed by atoms with E-state index in [1.807, 2.05) is 0 Å². The van der Waals surface area contributed by atoms with E-state index in [9.17, 15) is 14.5 Å². The number of nitrogens with one attached hydrogen (secondary N) is 1. The number of rotatable bonds is 2. The van der Waals surface area contributed by atoms with E-state index in [1.54, 1.807) is 0 Å². The number of nitrogens with zero attached hydrogens (tertiary/aromatic N) is 2. The molecule has 5 nitrogen and oxygen atoms in total. The van der Waals surface area contributed by atoms with Gasteiger partial charge in [-0.3, -0.25) is 15.4 Å². The second-order valence-corrected chi connectivity index (χ2v) is 2.16. The molecule has 1 N–H and O–H groups in total. The van der Waals surface area contributed by atoms with Gasteiger partial charge in [-0.2, -0.15) is 5.26 Å². The lowest BCUT2D eigenvalue weighted by Gasteiger charge is -1.98. The van der Waals surface area contributed by atoms with Crippen LogP contribution in [0.4, 0.5) is 15.8 Å². The lowest BCUT2D eigenvalue weighted by atomic mass is 10.2. The van der Waals surface area contributed by atoms with Crippen molar-refractivity contribution in [3.05, 3.63) is 34.1 Å². The molecular weight excluding hydrogens is 177 g/mol. The molecule has 66 valence electrons. The predicted octanol–water partition coefficient (Wildman–Crippen LogP) is 1.63. The monoisotopic (exact) mass is 181 g/mol. The molecule has 0 unspecified atom stereocenters. The van der Waals surface area contributed by atoms with Crippen LogP contribution in [0.15, 0.2) is 18.2 Å². The van der Waals surface area contributed by atoms with E-state index in [-0.39, 0.29) is 5.69 Å². The Bertz CT molecular complexity index is 386. The van der Waals surface area contributed by atoms with Crippen molar-refractivity contribution in [3.63, 3.8) is 0 Å². The van der Waals surface area contributed by atoms with Gasteiger partial charge in [-0.1, -0.05) is 0 Å². The van der Waals surface area contributed by atoms with Crippen molar-refractivity contribution in [2.75, 3.05) is 5.32 Å². The number of nitro groups is 1. The van der Waals surface area contributed by atoms with Crippen LogP contribution in [-0.4, -0.2) is 4.92 Å². The van der Waals surface area contributed by atoms with Gasteiger partial charge >= 0.3 is 0 Å². The first-order valence-corrected chi connectivity index (χ1v) is 3.24. The van der Waals surface area contributed by atoms with Crippen molar-refractivity contribution in [3.8, 4) is 6.19 Å². The van der Waals surface area contributed by atoms with Crippen LogP contribution in [0.1, 0.15) is 0 Å². The molecule has 0 radical (unpaired) electrons. The zero-order valence-corrected chi connectivity index (χ0v) is 6.32. The maximum atomic E-state index is 12.5. The zero-order chi connectivity index (χ0) is 9.84. The highest BCUT2D eigenvalue weighted by molar-refractivity contribution is 5.63. The summed E-state index contributed by atoms with van der Waals surface area (Å²) < 4.78 is 12.5. The summed E-state index contributed by atoms with van der Waals surface area (Å²) in [5.41, 5.74) is -0.476. The van der Waals surface area contributed by atoms with Crippen LogP contribution in [0.2, 0.25) is 0 Å². The Hall–Kier alpha value is -2.16. The highest BCUT2D eigenvalue weighted by atomic mass is 19.1. The Labute approximate surface area is 72.6 Å². The third-order valence-corrected chi connectivity index (χ3v) is 1.35. The predicted molar refractivity (Wildman–Crippen MR) is 42.3 cm³/mol. The molecule has 0 spiro atoms. The number of nitriles is 1. The molecule has 0 aliphatic carbocycles. The SMILES string of the molecule is N#CNc1ccc(F)cc1[N+](=O)[O-]. The van der Waals surface area contributed by atoms with Gasteiger partial charge in [0, 0.05) is 0 Å². The number of nitro benzene ring substituents is 1. The van der Waals surface area contributed by atoms with Gasteiger partial charge in [-0.15, -0.1) is 0 Å². The van der Waals surface area contributed by atoms with E-state index in [2.05, 4.69) is 5.32 Å². The minimum absolute atomic E-state index is 0.0195. The van der Waals surface area contributed by atoms with E-state index >= 15 is 0 Å². The molecule has 0 aliphatic heterocycles. The molecule has 0 aliphatic rings. The van der Waals surface area contributed by atoms with Crippen LogP contribution >= 0.6 is 0 Å². The molecule has 1 aromatic rings. The second-order valence-electron chi connectivity index (χ2n) is 2.16. The van der Waals surface area contributed by atoms with Crippen molar-refractivity contribution in [2.45, 2.75) is 0 Å². The summed E-state index contributed by atoms with van der Waals surface area (Å²) >= 11 is 0. The molecule has 0 aromatic heterocycles. The summed E-state index contributed by atoms with van der Waals surface area (Å²) in [6.45, 7) is 0. The van der Waals surface area contributed by atoms with Gasteiger partial charge in [-0.25, -0.2) is 4.39 Å². The molecule has 1 aromatic carbocycles. The number of halogens is 1. The molecule has 0 amide bonds. The normalized spacial score (nSPS) is 8.92. The first kappa shape index (κ1) is 8.93. The van der Waals surface area contributed by atoms with E-state index in [0.29, 0.717) is 0 Å². The van der Waals surface area contributed by atoms with Crippen molar-refractivity contribution in [1.29, 1.82) is 5.26 Å². The zero-order valence-electron chi connectivity index (χ0n) is 6.32. The topological polar surface area (TPSA) is 79.0 Å². The molecular formula is C7H4FN3O2. The maximum absolute atomic E-state index is 12.5. The van der Waals surface area contributed by atoms with E-state index in [0.717, 1.165) is 18.2 Å². The number of hydrogen-bond donors (Lipinski definition) is 1. The number of benzene rings is 1. The maximum Gasteiger partial charge on any atom is 0.296 e. The first-order chi connectivity index (χ1) is 6.15. The summed E-state index contributed by atoms with van der Waals surface area (Å²) in [6, 6.07) is 2.92. The summed E-state index contributed by atoms with van der Waals surface area (Å²) in [5, 5.41) is 20.6. The molecule has 1 rings (SSSR count). The molecule has 0 bridgehead atoms. The highest BCUT2D eigenvalue weighted by Gasteiger charge is 2.13. The van der Waals surface area contributed by atoms with Gasteiger partial charge in [0.05, 0.1) is 11.0 Å². The van der Waals surface area contributed by atoms with Gasteiger partial charge in [0.1, 0.15) is 11.5 Å². The molecule has 0 saturated carbocycles. The molecule has 0 fully saturated rings. The van der Waals surface area contributed by atoms with E-state index in [4.69, 9.17) is 5.26 Å². The lowest BCUT2D eigenvalue weighted by Crippen LogP contribution is -1.96. The summed E-state index contributed by atoms with van der Waals surface area (Å²) in [4.78, 5) is 9.58. The van der Waals surface area contributed by atoms with Gasteiger partial charge in [-0.05, 0) is 12.1 Å². The average molecular weight is 181 g/mol. The van der Waals surface area contributed by atoms with Crippen molar-refractivity contribution in [1.82, 2.24) is 0 Å². The Kier molecular flexibility index (Phi) is 2.40. The average Bonchev–Trinajstić information content (AvgIpc) is 2.08. The van der Waals surface area contributed by atoms with Gasteiger partial charge < -0.3 is 0 Å². The molecule has 0 atom stereocenters. The third kappa shape index (κ3) is 1.90. The van der Waals surface area contributed by atoms with Crippen LogP contribution in [0.25, 0.3) is 0 Å². The van der Waals surface area contributed by atoms with E-state index < -0.39 is 16.4 Å². The van der Waals surface area contributed by atoms with Crippen LogP contribution in [0, 0.1) is 27.4 Å². The number of anilines is 1. The summed E-state index contributed by atoms with van der Waals surface area (Å²) in [7, 11) is 0. The Morgan fingerprint density at radius 2 is 2.31 bits per heavy atom. The van der Waals surface area contributed by atoms with Crippen molar-refractivity contribution in [2.24, 2.45) is 0 Å². The molecule has 0 heterocycles. The van der Waals surface area contributed by atoms with Crippen molar-refractivity contribution >= 4 is 11.4 Å². The van der Waals surface area contributed by atoms with E-state index in [1.165, 1.54) is 6.19 Å². The second kappa shape index (κ2) is 3.49. The smallest absolute Gasteiger partial charge is 0.287 e. The molecule has 13 heavy (non-hydrogen) atoms. The number of hydrogen-bond acceptors (Lipinski definition) is 4. The fraction of sp³-hybridized carbons (Fsp3) is 0. The first-order valence-electron chi connectivity index (χ1n) is 3.24. The van der Waals surface area contributed by atoms with Crippen LogP contribution < -0.4 is 5.32 Å². The van der Waals surface area contributed by atoms with Crippen LogP contribution in [-0.2, 0) is 0 Å². The minimum atomic E-state index is -0.761. The van der Waals surface area contributed by atoms with Gasteiger partial charge in [0.25, 0.3) is 5.69 Å². The lowest BCUT2D eigenvalue weighted by molar-refractivity contribution is -0.384. The fourth-order valence-electron chi connectivity index (χ4n) is 0.822. The van der Waals surface area contributed by atoms with Gasteiger partial charge in [0.2, 0.25) is 0 Å². The van der Waals surface area contributed by atoms with Gasteiger partial charge in [0.15, 0.2) is 6.19 Å². The van der Waals surface area contributed by atoms with Crippen molar-refractivity contribution < 1.29 is 9.31 Å².